The van der Waals surface area contributed by atoms with Crippen molar-refractivity contribution in [3.8, 4) is 0 Å². The molecule has 0 aromatic heterocycles. The van der Waals surface area contributed by atoms with Crippen molar-refractivity contribution in [1.29, 1.82) is 0 Å². The van der Waals surface area contributed by atoms with Crippen LogP contribution in [0.4, 0.5) is 0 Å². The first-order chi connectivity index (χ1) is 13.8. The summed E-state index contributed by atoms with van der Waals surface area (Å²) in [6.07, 6.45) is -1.61. The third-order valence-electron chi connectivity index (χ3n) is 3.81. The summed E-state index contributed by atoms with van der Waals surface area (Å²) in [4.78, 5) is 70.1. The van der Waals surface area contributed by atoms with Crippen LogP contribution in [0.2, 0.25) is 0 Å². The largest absolute Gasteiger partial charge is 0.481 e. The van der Waals surface area contributed by atoms with Crippen LogP contribution in [-0.4, -0.2) is 75.7 Å². The van der Waals surface area contributed by atoms with Crippen molar-refractivity contribution in [3.63, 3.8) is 0 Å². The molecular weight excluding hydrogens is 422 g/mol. The van der Waals surface area contributed by atoms with Gasteiger partial charge in [-0.3, -0.25) is 24.0 Å². The van der Waals surface area contributed by atoms with Crippen LogP contribution in [0.25, 0.3) is 0 Å². The minimum Gasteiger partial charge on any atom is -0.481 e. The van der Waals surface area contributed by atoms with Gasteiger partial charge in [-0.05, 0) is 5.92 Å². The fourth-order valence-electron chi connectivity index (χ4n) is 2.20. The number of rotatable bonds is 13. The molecule has 4 unspecified atom stereocenters. The maximum atomic E-state index is 12.6. The predicted octanol–water partition coefficient (Wildman–Crippen LogP) is -3.21. The molecule has 0 rings (SSSR count). The van der Waals surface area contributed by atoms with Gasteiger partial charge in [-0.2, -0.15) is 12.6 Å². The lowest BCUT2D eigenvalue weighted by atomic mass is 10.0. The van der Waals surface area contributed by atoms with Crippen molar-refractivity contribution in [2.24, 2.45) is 17.4 Å². The third-order valence-corrected chi connectivity index (χ3v) is 4.21. The molecule has 4 amide bonds. The average Bonchev–Trinajstić information content (AvgIpc) is 2.62. The molecule has 14 heteroatoms. The molecule has 0 heterocycles. The number of carboxylic acid groups (broad SMARTS) is 2. The minimum atomic E-state index is -1.80. The Balaban J connectivity index is 5.45. The maximum Gasteiger partial charge on any atom is 0.326 e. The van der Waals surface area contributed by atoms with E-state index in [4.69, 9.17) is 21.7 Å². The van der Waals surface area contributed by atoms with Crippen LogP contribution >= 0.6 is 12.6 Å². The molecule has 0 saturated heterocycles. The van der Waals surface area contributed by atoms with Gasteiger partial charge in [0.1, 0.15) is 18.1 Å². The number of hydrogen-bond acceptors (Lipinski definition) is 8. The van der Waals surface area contributed by atoms with E-state index in [1.54, 1.807) is 13.8 Å². The molecule has 0 aliphatic heterocycles. The molecule has 0 bridgehead atoms. The van der Waals surface area contributed by atoms with Gasteiger partial charge in [-0.1, -0.05) is 13.8 Å². The van der Waals surface area contributed by atoms with Gasteiger partial charge in [-0.15, -0.1) is 0 Å². The number of primary amides is 1. The maximum absolute atomic E-state index is 12.6. The molecule has 0 fully saturated rings. The van der Waals surface area contributed by atoms with Gasteiger partial charge in [0.15, 0.2) is 0 Å². The first kappa shape index (κ1) is 27.1. The van der Waals surface area contributed by atoms with Gasteiger partial charge in [0.25, 0.3) is 0 Å². The Kier molecular flexibility index (Phi) is 11.4. The number of nitrogens with two attached hydrogens (primary N) is 2. The number of carbonyl (C=O) groups is 6. The van der Waals surface area contributed by atoms with E-state index in [9.17, 15) is 28.8 Å². The fourth-order valence-corrected chi connectivity index (χ4v) is 2.36. The van der Waals surface area contributed by atoms with Gasteiger partial charge in [0, 0.05) is 5.75 Å². The summed E-state index contributed by atoms with van der Waals surface area (Å²) < 4.78 is 0. The Morgan fingerprint density at radius 1 is 0.867 bits per heavy atom. The van der Waals surface area contributed by atoms with E-state index < -0.39 is 78.5 Å². The Labute approximate surface area is 177 Å². The van der Waals surface area contributed by atoms with Crippen LogP contribution in [0.5, 0.6) is 0 Å². The molecule has 0 aliphatic rings. The molecule has 170 valence electrons. The Bertz CT molecular complexity index is 687. The van der Waals surface area contributed by atoms with E-state index in [0.29, 0.717) is 0 Å². The van der Waals surface area contributed by atoms with E-state index in [2.05, 4.69) is 23.3 Å². The second kappa shape index (κ2) is 12.6. The quantitative estimate of drug-likeness (QED) is 0.132. The number of aliphatic carboxylic acids is 2. The van der Waals surface area contributed by atoms with Crippen LogP contribution in [0.3, 0.4) is 0 Å². The number of nitrogens with one attached hydrogen (secondary N) is 3. The Hall–Kier alpha value is -2.87. The predicted molar refractivity (Wildman–Crippen MR) is 106 cm³/mol. The van der Waals surface area contributed by atoms with Gasteiger partial charge in [0.05, 0.1) is 18.9 Å². The van der Waals surface area contributed by atoms with Crippen molar-refractivity contribution in [2.45, 2.75) is 50.9 Å². The van der Waals surface area contributed by atoms with Crippen molar-refractivity contribution >= 4 is 48.2 Å². The lowest BCUT2D eigenvalue weighted by Crippen LogP contribution is -2.59. The highest BCUT2D eigenvalue weighted by Gasteiger charge is 2.32. The zero-order chi connectivity index (χ0) is 23.6. The van der Waals surface area contributed by atoms with Crippen LogP contribution in [0.1, 0.15) is 26.7 Å². The second-order valence-corrected chi connectivity index (χ2v) is 7.11. The normalized spacial score (nSPS) is 14.7. The van der Waals surface area contributed by atoms with Crippen LogP contribution in [-0.2, 0) is 28.8 Å². The van der Waals surface area contributed by atoms with Crippen LogP contribution < -0.4 is 27.4 Å². The van der Waals surface area contributed by atoms with Crippen LogP contribution in [0.15, 0.2) is 0 Å². The van der Waals surface area contributed by atoms with E-state index in [1.165, 1.54) is 0 Å². The average molecular weight is 449 g/mol. The van der Waals surface area contributed by atoms with E-state index in [-0.39, 0.29) is 5.75 Å². The highest BCUT2D eigenvalue weighted by molar-refractivity contribution is 7.80. The molecule has 13 nitrogen and oxygen atoms in total. The molecule has 0 aromatic rings. The highest BCUT2D eigenvalue weighted by Crippen LogP contribution is 2.05. The van der Waals surface area contributed by atoms with Gasteiger partial charge < -0.3 is 37.6 Å². The molecule has 9 N–H and O–H groups in total. The Morgan fingerprint density at radius 2 is 1.40 bits per heavy atom. The molecule has 4 atom stereocenters. The zero-order valence-corrected chi connectivity index (χ0v) is 17.3. The fraction of sp³-hybridized carbons (Fsp3) is 0.625. The van der Waals surface area contributed by atoms with Crippen LogP contribution in [0, 0.1) is 5.92 Å². The monoisotopic (exact) mass is 449 g/mol. The van der Waals surface area contributed by atoms with Crippen molar-refractivity contribution < 1.29 is 39.0 Å². The number of carbonyl (C=O) groups excluding carboxylic acids is 4. The summed E-state index contributed by atoms with van der Waals surface area (Å²) in [6.45, 7) is 3.21. The molecule has 0 radical (unpaired) electrons. The van der Waals surface area contributed by atoms with E-state index in [1.807, 2.05) is 5.32 Å². The summed E-state index contributed by atoms with van der Waals surface area (Å²) in [5.74, 6) is -7.16. The summed E-state index contributed by atoms with van der Waals surface area (Å²) in [5.41, 5.74) is 10.6. The molecule has 30 heavy (non-hydrogen) atoms. The number of thiol groups is 1. The third kappa shape index (κ3) is 9.56. The highest BCUT2D eigenvalue weighted by atomic mass is 32.1. The van der Waals surface area contributed by atoms with Crippen molar-refractivity contribution in [2.75, 3.05) is 5.75 Å². The molecule has 0 saturated carbocycles. The summed E-state index contributed by atoms with van der Waals surface area (Å²) in [7, 11) is 0. The van der Waals surface area contributed by atoms with Gasteiger partial charge in [-0.25, -0.2) is 4.79 Å². The number of amides is 4. The standard InChI is InChI=1S/C16H27N5O8S/c1-6(2)12(21-13(25)7(17)5-30)15(27)19-8(3-10(18)22)14(26)20-9(16(28)29)4-11(23)24/h6-9,12,30H,3-5,17H2,1-2H3,(H2,18,22)(H,19,27)(H,20,26)(H,21,25)(H,23,24)(H,28,29). The van der Waals surface area contributed by atoms with E-state index >= 15 is 0 Å². The topological polar surface area (TPSA) is 231 Å². The Morgan fingerprint density at radius 3 is 1.80 bits per heavy atom. The van der Waals surface area contributed by atoms with Crippen molar-refractivity contribution in [1.82, 2.24) is 16.0 Å². The summed E-state index contributed by atoms with van der Waals surface area (Å²) in [6, 6.07) is -5.51. The summed E-state index contributed by atoms with van der Waals surface area (Å²) >= 11 is 3.89. The van der Waals surface area contributed by atoms with Crippen molar-refractivity contribution in [3.05, 3.63) is 0 Å². The second-order valence-electron chi connectivity index (χ2n) is 6.75. The first-order valence-corrected chi connectivity index (χ1v) is 9.43. The van der Waals surface area contributed by atoms with Gasteiger partial charge >= 0.3 is 11.9 Å². The summed E-state index contributed by atoms with van der Waals surface area (Å²) in [5, 5.41) is 24.3. The number of carboxylic acids is 2. The minimum absolute atomic E-state index is 0.0190. The van der Waals surface area contributed by atoms with E-state index in [0.717, 1.165) is 0 Å². The lowest BCUT2D eigenvalue weighted by molar-refractivity contribution is -0.147. The molecule has 0 aromatic carbocycles. The zero-order valence-electron chi connectivity index (χ0n) is 16.5. The molecule has 0 aliphatic carbocycles. The molecular formula is C16H27N5O8S. The number of hydrogen-bond donors (Lipinski definition) is 8. The lowest BCUT2D eigenvalue weighted by Gasteiger charge is -2.26. The molecule has 0 spiro atoms. The first-order valence-electron chi connectivity index (χ1n) is 8.80. The van der Waals surface area contributed by atoms with Gasteiger partial charge in [0.2, 0.25) is 23.6 Å². The SMILES string of the molecule is CC(C)C(NC(=O)C(N)CS)C(=O)NC(CC(N)=O)C(=O)NC(CC(=O)O)C(=O)O. The smallest absolute Gasteiger partial charge is 0.326 e.